The molecule has 0 amide bonds. The van der Waals surface area contributed by atoms with Crippen LogP contribution in [0.4, 0.5) is 5.82 Å². The number of aromatic nitrogens is 4. The topological polar surface area (TPSA) is 87.5 Å². The number of anilines is 1. The summed E-state index contributed by atoms with van der Waals surface area (Å²) in [6.07, 6.45) is 10.3. The van der Waals surface area contributed by atoms with Gasteiger partial charge in [0.15, 0.2) is 5.82 Å². The highest BCUT2D eigenvalue weighted by molar-refractivity contribution is 5.90. The van der Waals surface area contributed by atoms with E-state index in [1.807, 2.05) is 30.6 Å². The zero-order valence-corrected chi connectivity index (χ0v) is 18.1. The van der Waals surface area contributed by atoms with Gasteiger partial charge in [-0.15, -0.1) is 0 Å². The number of hydrogen-bond acceptors (Lipinski definition) is 8. The molecular formula is C24H28N6O2. The molecule has 3 aliphatic heterocycles. The van der Waals surface area contributed by atoms with Gasteiger partial charge in [0.05, 0.1) is 37.1 Å². The molecule has 2 atom stereocenters. The van der Waals surface area contributed by atoms with Crippen LogP contribution in [0.3, 0.4) is 0 Å². The maximum absolute atomic E-state index is 10.2. The average molecular weight is 433 g/mol. The third-order valence-electron chi connectivity index (χ3n) is 7.50. The number of piperidine rings is 1. The Labute approximate surface area is 187 Å². The summed E-state index contributed by atoms with van der Waals surface area (Å²) in [6.45, 7) is 5.19. The van der Waals surface area contributed by atoms with Crippen molar-refractivity contribution in [3.8, 4) is 11.4 Å². The monoisotopic (exact) mass is 432 g/mol. The second kappa shape index (κ2) is 8.03. The van der Waals surface area contributed by atoms with Gasteiger partial charge in [0.1, 0.15) is 5.82 Å². The second-order valence-corrected chi connectivity index (χ2v) is 9.38. The molecule has 0 aromatic carbocycles. The van der Waals surface area contributed by atoms with E-state index in [0.29, 0.717) is 24.5 Å². The highest BCUT2D eigenvalue weighted by Crippen LogP contribution is 2.43. The van der Waals surface area contributed by atoms with E-state index in [9.17, 15) is 5.11 Å². The van der Waals surface area contributed by atoms with Crippen LogP contribution >= 0.6 is 0 Å². The van der Waals surface area contributed by atoms with Crippen LogP contribution < -0.4 is 4.90 Å². The molecule has 1 spiro atoms. The molecule has 166 valence electrons. The fraction of sp³-hybridized carbons (Fsp3) is 0.500. The van der Waals surface area contributed by atoms with Gasteiger partial charge < -0.3 is 14.7 Å². The lowest BCUT2D eigenvalue weighted by molar-refractivity contribution is 0.0849. The van der Waals surface area contributed by atoms with Crippen LogP contribution in [-0.2, 0) is 4.74 Å². The van der Waals surface area contributed by atoms with Gasteiger partial charge in [-0.25, -0.2) is 9.97 Å². The lowest BCUT2D eigenvalue weighted by Gasteiger charge is -2.40. The Morgan fingerprint density at radius 3 is 2.50 bits per heavy atom. The van der Waals surface area contributed by atoms with Crippen LogP contribution in [0.1, 0.15) is 19.3 Å². The molecule has 0 bridgehead atoms. The van der Waals surface area contributed by atoms with Crippen molar-refractivity contribution in [2.24, 2.45) is 5.41 Å². The highest BCUT2D eigenvalue weighted by Gasteiger charge is 2.45. The van der Waals surface area contributed by atoms with Crippen molar-refractivity contribution >= 4 is 16.7 Å². The van der Waals surface area contributed by atoms with Gasteiger partial charge in [0.25, 0.3) is 0 Å². The summed E-state index contributed by atoms with van der Waals surface area (Å²) in [4.78, 5) is 23.0. The number of fused-ring (bicyclic) bond motifs is 1. The Morgan fingerprint density at radius 2 is 1.72 bits per heavy atom. The SMILES string of the molecule is O[C@@H]1COCC1N1CCC2(CCN(c3nc(-c4ccncc4)nc4cnccc34)CC2)C1. The smallest absolute Gasteiger partial charge is 0.162 e. The van der Waals surface area contributed by atoms with E-state index in [-0.39, 0.29) is 12.1 Å². The minimum atomic E-state index is -0.349. The van der Waals surface area contributed by atoms with Gasteiger partial charge in [-0.3, -0.25) is 14.9 Å². The molecule has 3 saturated heterocycles. The second-order valence-electron chi connectivity index (χ2n) is 9.38. The van der Waals surface area contributed by atoms with Crippen molar-refractivity contribution < 1.29 is 9.84 Å². The minimum absolute atomic E-state index is 0.161. The minimum Gasteiger partial charge on any atom is -0.389 e. The number of likely N-dealkylation sites (tertiary alicyclic amines) is 1. The summed E-state index contributed by atoms with van der Waals surface area (Å²) in [5.41, 5.74) is 2.16. The van der Waals surface area contributed by atoms with Crippen molar-refractivity contribution in [1.29, 1.82) is 0 Å². The third-order valence-corrected chi connectivity index (χ3v) is 7.50. The van der Waals surface area contributed by atoms with E-state index in [1.54, 1.807) is 12.4 Å². The summed E-state index contributed by atoms with van der Waals surface area (Å²) >= 11 is 0. The molecule has 8 heteroatoms. The predicted octanol–water partition coefficient (Wildman–Crippen LogP) is 2.14. The number of rotatable bonds is 3. The molecule has 32 heavy (non-hydrogen) atoms. The Morgan fingerprint density at radius 1 is 0.938 bits per heavy atom. The van der Waals surface area contributed by atoms with Crippen molar-refractivity contribution in [3.05, 3.63) is 43.0 Å². The van der Waals surface area contributed by atoms with Crippen molar-refractivity contribution in [2.45, 2.75) is 31.4 Å². The maximum Gasteiger partial charge on any atom is 0.162 e. The zero-order valence-electron chi connectivity index (χ0n) is 18.1. The van der Waals surface area contributed by atoms with E-state index in [1.165, 1.54) is 6.42 Å². The third kappa shape index (κ3) is 3.52. The summed E-state index contributed by atoms with van der Waals surface area (Å²) in [5, 5.41) is 11.3. The molecule has 1 N–H and O–H groups in total. The summed E-state index contributed by atoms with van der Waals surface area (Å²) in [6, 6.07) is 6.07. The molecule has 6 rings (SSSR count). The first-order valence-electron chi connectivity index (χ1n) is 11.5. The average Bonchev–Trinajstić information content (AvgIpc) is 3.45. The number of hydrogen-bond donors (Lipinski definition) is 1. The number of aliphatic hydroxyl groups is 1. The van der Waals surface area contributed by atoms with Gasteiger partial charge in [0, 0.05) is 49.2 Å². The zero-order chi connectivity index (χ0) is 21.5. The molecule has 3 aromatic heterocycles. The largest absolute Gasteiger partial charge is 0.389 e. The van der Waals surface area contributed by atoms with Gasteiger partial charge in [-0.1, -0.05) is 0 Å². The molecule has 0 aliphatic carbocycles. The van der Waals surface area contributed by atoms with Crippen molar-refractivity contribution in [2.75, 3.05) is 44.3 Å². The Kier molecular flexibility index (Phi) is 5.01. The van der Waals surface area contributed by atoms with Crippen molar-refractivity contribution in [1.82, 2.24) is 24.8 Å². The molecular weight excluding hydrogens is 404 g/mol. The van der Waals surface area contributed by atoms with E-state index in [2.05, 4.69) is 19.8 Å². The lowest BCUT2D eigenvalue weighted by atomic mass is 9.77. The first-order chi connectivity index (χ1) is 15.7. The Hall–Kier alpha value is -2.68. The van der Waals surface area contributed by atoms with E-state index >= 15 is 0 Å². The molecule has 8 nitrogen and oxygen atoms in total. The summed E-state index contributed by atoms with van der Waals surface area (Å²) in [5.74, 6) is 1.71. The first-order valence-corrected chi connectivity index (χ1v) is 11.5. The fourth-order valence-corrected chi connectivity index (χ4v) is 5.57. The molecule has 3 aromatic rings. The van der Waals surface area contributed by atoms with Gasteiger partial charge in [-0.05, 0) is 49.4 Å². The highest BCUT2D eigenvalue weighted by atomic mass is 16.5. The molecule has 6 heterocycles. The molecule has 3 aliphatic rings. The van der Waals surface area contributed by atoms with Crippen LogP contribution in [0.2, 0.25) is 0 Å². The predicted molar refractivity (Wildman–Crippen MR) is 121 cm³/mol. The quantitative estimate of drug-likeness (QED) is 0.674. The fourth-order valence-electron chi connectivity index (χ4n) is 5.57. The number of aliphatic hydroxyl groups excluding tert-OH is 1. The summed E-state index contributed by atoms with van der Waals surface area (Å²) in [7, 11) is 0. The lowest BCUT2D eigenvalue weighted by Crippen LogP contribution is -2.45. The number of nitrogens with zero attached hydrogens (tertiary/aromatic N) is 6. The molecule has 0 radical (unpaired) electrons. The van der Waals surface area contributed by atoms with Crippen LogP contribution in [0, 0.1) is 5.41 Å². The van der Waals surface area contributed by atoms with Crippen LogP contribution in [0.25, 0.3) is 22.3 Å². The first kappa shape index (κ1) is 20.0. The van der Waals surface area contributed by atoms with Gasteiger partial charge in [-0.2, -0.15) is 0 Å². The standard InChI is InChI=1S/C24H28N6O2/c31-21-15-32-14-20(21)30-12-6-24(16-30)4-10-29(11-5-24)23-18-3-9-26-13-19(18)27-22(28-23)17-1-7-25-8-2-17/h1-3,7-9,13,20-21,31H,4-6,10-12,14-16H2/t20?,21-/m1/s1. The maximum atomic E-state index is 10.2. The van der Waals surface area contributed by atoms with Crippen LogP contribution in [-0.4, -0.2) is 81.5 Å². The van der Waals surface area contributed by atoms with Gasteiger partial charge in [0.2, 0.25) is 0 Å². The Balaban J connectivity index is 1.24. The normalized spacial score (nSPS) is 25.7. The van der Waals surface area contributed by atoms with E-state index in [4.69, 9.17) is 14.7 Å². The van der Waals surface area contributed by atoms with Crippen LogP contribution in [0.15, 0.2) is 43.0 Å². The Bertz CT molecular complexity index is 1100. The van der Waals surface area contributed by atoms with Crippen LogP contribution in [0.5, 0.6) is 0 Å². The van der Waals surface area contributed by atoms with Crippen molar-refractivity contribution in [3.63, 3.8) is 0 Å². The molecule has 1 unspecified atom stereocenters. The van der Waals surface area contributed by atoms with Gasteiger partial charge >= 0.3 is 0 Å². The van der Waals surface area contributed by atoms with E-state index < -0.39 is 0 Å². The van der Waals surface area contributed by atoms with E-state index in [0.717, 1.165) is 61.3 Å². The molecule has 0 saturated carbocycles. The molecule has 3 fully saturated rings. The number of pyridine rings is 2. The summed E-state index contributed by atoms with van der Waals surface area (Å²) < 4.78 is 5.50. The number of ether oxygens (including phenoxy) is 1.